The smallest absolute Gasteiger partial charge is 0.0864 e. The van der Waals surface area contributed by atoms with E-state index in [0.717, 1.165) is 37.6 Å². The highest BCUT2D eigenvalue weighted by molar-refractivity contribution is 5.67. The van der Waals surface area contributed by atoms with Crippen LogP contribution in [0, 0.1) is 4.91 Å². The zero-order valence-electron chi connectivity index (χ0n) is 18.3. The number of aryl methyl sites for hydroxylation is 1. The van der Waals surface area contributed by atoms with Crippen molar-refractivity contribution in [1.29, 1.82) is 0 Å². The molecule has 1 aliphatic carbocycles. The molecule has 0 radical (unpaired) electrons. The van der Waals surface area contributed by atoms with Crippen LogP contribution in [0.15, 0.2) is 35.5 Å². The molecule has 0 spiro atoms. The molecule has 2 aromatic rings. The summed E-state index contributed by atoms with van der Waals surface area (Å²) in [5, 5.41) is 7.65. The summed E-state index contributed by atoms with van der Waals surface area (Å²) in [5.41, 5.74) is 6.59. The van der Waals surface area contributed by atoms with Crippen LogP contribution >= 0.6 is 0 Å². The third kappa shape index (κ3) is 4.59. The first-order valence-electron chi connectivity index (χ1n) is 10.6. The van der Waals surface area contributed by atoms with Crippen molar-refractivity contribution in [3.63, 3.8) is 0 Å². The van der Waals surface area contributed by atoms with Crippen molar-refractivity contribution < 1.29 is 5.32 Å². The quantitative estimate of drug-likeness (QED) is 0.526. The summed E-state index contributed by atoms with van der Waals surface area (Å²) in [6, 6.07) is 11.4. The van der Waals surface area contributed by atoms with E-state index < -0.39 is 0 Å². The van der Waals surface area contributed by atoms with E-state index in [4.69, 9.17) is 0 Å². The van der Waals surface area contributed by atoms with E-state index >= 15 is 0 Å². The Hall–Kier alpha value is -2.46. The van der Waals surface area contributed by atoms with Gasteiger partial charge in [0.25, 0.3) is 0 Å². The van der Waals surface area contributed by atoms with Crippen molar-refractivity contribution in [3.05, 3.63) is 67.9 Å². The molecule has 29 heavy (non-hydrogen) atoms. The molecule has 0 fully saturated rings. The number of nitroso groups, excluding NO2 is 1. The minimum atomic E-state index is -0.0448. The van der Waals surface area contributed by atoms with E-state index in [9.17, 15) is 4.91 Å². The molecule has 4 nitrogen and oxygen atoms in total. The average molecular weight is 393 g/mol. The fraction of sp³-hybridized carbons (Fsp3) is 0.440. The molecule has 0 amide bonds. The standard InChI is InChI=1S/C25H33N3O/c1-18-14-23-21(15-19(18)8-6-11-26-12-7-13-27-29)16-20-9-10-22(28(4)5)17-24(20)25(23,2)3/h9-10,14-17,26H,1,6-8,11-13H2,2-5H3/p+1. The fourth-order valence-corrected chi connectivity index (χ4v) is 4.29. The first-order valence-corrected chi connectivity index (χ1v) is 10.6. The second kappa shape index (κ2) is 8.91. The Morgan fingerprint density at radius 3 is 2.55 bits per heavy atom. The minimum Gasteiger partial charge on any atom is -0.378 e. The van der Waals surface area contributed by atoms with Crippen LogP contribution in [0.5, 0.6) is 0 Å². The topological polar surface area (TPSA) is 49.3 Å². The van der Waals surface area contributed by atoms with Crippen molar-refractivity contribution in [2.24, 2.45) is 5.18 Å². The summed E-state index contributed by atoms with van der Waals surface area (Å²) in [6.07, 6.45) is 5.34. The lowest BCUT2D eigenvalue weighted by Crippen LogP contribution is -2.84. The molecule has 0 bridgehead atoms. The number of hydrogen-bond acceptors (Lipinski definition) is 3. The third-order valence-corrected chi connectivity index (χ3v) is 6.09. The maximum atomic E-state index is 10.1. The summed E-state index contributed by atoms with van der Waals surface area (Å²) in [6.45, 7) is 11.5. The van der Waals surface area contributed by atoms with Gasteiger partial charge in [-0.1, -0.05) is 43.8 Å². The lowest BCUT2D eigenvalue weighted by molar-refractivity contribution is -0.655. The van der Waals surface area contributed by atoms with Gasteiger partial charge < -0.3 is 10.2 Å². The Morgan fingerprint density at radius 2 is 1.83 bits per heavy atom. The minimum absolute atomic E-state index is 0.0448. The molecule has 0 saturated heterocycles. The molecule has 0 heterocycles. The lowest BCUT2D eigenvalue weighted by atomic mass is 9.71. The van der Waals surface area contributed by atoms with Gasteiger partial charge in [-0.25, -0.2) is 0 Å². The third-order valence-electron chi connectivity index (χ3n) is 6.09. The summed E-state index contributed by atoms with van der Waals surface area (Å²) in [7, 11) is 4.18. The van der Waals surface area contributed by atoms with Crippen LogP contribution in [0.3, 0.4) is 0 Å². The zero-order valence-corrected chi connectivity index (χ0v) is 18.3. The highest BCUT2D eigenvalue weighted by Crippen LogP contribution is 2.36. The zero-order chi connectivity index (χ0) is 21.0. The maximum Gasteiger partial charge on any atom is 0.0864 e. The Morgan fingerprint density at radius 1 is 1.07 bits per heavy atom. The summed E-state index contributed by atoms with van der Waals surface area (Å²) < 4.78 is 0. The van der Waals surface area contributed by atoms with Crippen LogP contribution in [-0.2, 0) is 11.8 Å². The van der Waals surface area contributed by atoms with Crippen LogP contribution in [-0.4, -0.2) is 33.7 Å². The molecule has 2 N–H and O–H groups in total. The van der Waals surface area contributed by atoms with Gasteiger partial charge in [0.1, 0.15) is 0 Å². The fourth-order valence-electron chi connectivity index (χ4n) is 4.29. The number of hydrogen-bond donors (Lipinski definition) is 1. The number of quaternary nitrogens is 1. The first kappa shape index (κ1) is 21.3. The van der Waals surface area contributed by atoms with Gasteiger partial charge in [-0.3, -0.25) is 0 Å². The van der Waals surface area contributed by atoms with Crippen LogP contribution in [0.1, 0.15) is 48.9 Å². The second-order valence-corrected chi connectivity index (χ2v) is 8.82. The normalized spacial score (nSPS) is 13.9. The Bertz CT molecular complexity index is 992. The van der Waals surface area contributed by atoms with E-state index in [1.807, 2.05) is 0 Å². The van der Waals surface area contributed by atoms with Crippen molar-refractivity contribution in [3.8, 4) is 0 Å². The molecule has 4 heteroatoms. The first-order chi connectivity index (χ1) is 13.8. The number of anilines is 1. The molecule has 3 rings (SSSR count). The molecule has 0 aliphatic heterocycles. The molecular weight excluding hydrogens is 358 g/mol. The van der Waals surface area contributed by atoms with Crippen molar-refractivity contribution in [2.75, 3.05) is 38.6 Å². The van der Waals surface area contributed by atoms with Gasteiger partial charge >= 0.3 is 0 Å². The van der Waals surface area contributed by atoms with Crippen molar-refractivity contribution in [1.82, 2.24) is 0 Å². The highest BCUT2D eigenvalue weighted by atomic mass is 16.3. The number of nitrogens with two attached hydrogens (primary N) is 1. The molecule has 2 aromatic carbocycles. The van der Waals surface area contributed by atoms with Gasteiger partial charge in [-0.05, 0) is 57.3 Å². The van der Waals surface area contributed by atoms with Gasteiger partial charge in [0, 0.05) is 38.0 Å². The SMILES string of the molecule is C=c1cc2c(cc1CCC[NH2+]CCCN=O)=Cc1ccc(N(C)C)cc1C2(C)C. The van der Waals surface area contributed by atoms with Crippen LogP contribution in [0.25, 0.3) is 12.7 Å². The van der Waals surface area contributed by atoms with Gasteiger partial charge in [0.15, 0.2) is 0 Å². The second-order valence-electron chi connectivity index (χ2n) is 8.82. The van der Waals surface area contributed by atoms with Crippen LogP contribution < -0.4 is 20.7 Å². The summed E-state index contributed by atoms with van der Waals surface area (Å²) >= 11 is 0. The van der Waals surface area contributed by atoms with E-state index in [0.29, 0.717) is 6.54 Å². The van der Waals surface area contributed by atoms with Gasteiger partial charge in [-0.15, -0.1) is 0 Å². The van der Waals surface area contributed by atoms with Gasteiger partial charge in [0.2, 0.25) is 0 Å². The lowest BCUT2D eigenvalue weighted by Gasteiger charge is -2.33. The van der Waals surface area contributed by atoms with Crippen molar-refractivity contribution in [2.45, 2.75) is 38.5 Å². The Balaban J connectivity index is 1.83. The molecule has 0 aromatic heterocycles. The molecular formula is C25H34N3O+. The van der Waals surface area contributed by atoms with Crippen LogP contribution in [0.4, 0.5) is 5.69 Å². The predicted octanol–water partition coefficient (Wildman–Crippen LogP) is 2.28. The van der Waals surface area contributed by atoms with E-state index in [-0.39, 0.29) is 5.41 Å². The summed E-state index contributed by atoms with van der Waals surface area (Å²) in [4.78, 5) is 12.3. The monoisotopic (exact) mass is 392 g/mol. The number of benzene rings is 2. The molecule has 1 aliphatic rings. The number of fused-ring (bicyclic) bond motifs is 2. The number of nitrogens with zero attached hydrogens (tertiary/aromatic N) is 2. The van der Waals surface area contributed by atoms with E-state index in [1.165, 1.54) is 33.2 Å². The molecule has 0 unspecified atom stereocenters. The molecule has 0 saturated carbocycles. The highest BCUT2D eigenvalue weighted by Gasteiger charge is 2.30. The van der Waals surface area contributed by atoms with E-state index in [2.05, 4.69) is 86.3 Å². The summed E-state index contributed by atoms with van der Waals surface area (Å²) in [5.74, 6) is 0. The molecule has 0 atom stereocenters. The largest absolute Gasteiger partial charge is 0.378 e. The van der Waals surface area contributed by atoms with Gasteiger partial charge in [-0.2, -0.15) is 4.91 Å². The Labute approximate surface area is 174 Å². The molecule has 154 valence electrons. The predicted molar refractivity (Wildman–Crippen MR) is 123 cm³/mol. The average Bonchev–Trinajstić information content (AvgIpc) is 2.68. The number of rotatable bonds is 9. The van der Waals surface area contributed by atoms with Gasteiger partial charge in [0.05, 0.1) is 19.6 Å². The Kier molecular flexibility index (Phi) is 6.53. The van der Waals surface area contributed by atoms with Crippen molar-refractivity contribution >= 4 is 18.3 Å². The maximum absolute atomic E-state index is 10.1. The van der Waals surface area contributed by atoms with Crippen LogP contribution in [0.2, 0.25) is 0 Å². The van der Waals surface area contributed by atoms with E-state index in [1.54, 1.807) is 0 Å².